The van der Waals surface area contributed by atoms with Crippen molar-refractivity contribution < 1.29 is 10.2 Å². The van der Waals surface area contributed by atoms with Crippen LogP contribution in [0.15, 0.2) is 23.3 Å². The molecular formula is C24H38O2. The molecule has 7 atom stereocenters. The zero-order chi connectivity index (χ0) is 18.9. The molecule has 2 fully saturated rings. The fourth-order valence-electron chi connectivity index (χ4n) is 7.78. The normalized spacial score (nSPS) is 48.0. The maximum absolute atomic E-state index is 10.6. The van der Waals surface area contributed by atoms with Crippen LogP contribution in [-0.4, -0.2) is 22.9 Å². The van der Waals surface area contributed by atoms with E-state index in [4.69, 9.17) is 0 Å². The molecule has 2 N–H and O–H groups in total. The molecule has 0 aliphatic heterocycles. The predicted octanol–water partition coefficient (Wildman–Crippen LogP) is 5.11. The molecule has 4 aliphatic rings. The highest BCUT2D eigenvalue weighted by Crippen LogP contribution is 2.66. The zero-order valence-electron chi connectivity index (χ0n) is 17.4. The highest BCUT2D eigenvalue weighted by atomic mass is 16.3. The van der Waals surface area contributed by atoms with E-state index in [9.17, 15) is 10.2 Å². The largest absolute Gasteiger partial charge is 0.396 e. The van der Waals surface area contributed by atoms with Gasteiger partial charge in [0.15, 0.2) is 0 Å². The summed E-state index contributed by atoms with van der Waals surface area (Å²) >= 11 is 0. The Morgan fingerprint density at radius 1 is 1.12 bits per heavy atom. The van der Waals surface area contributed by atoms with Gasteiger partial charge in [0.25, 0.3) is 0 Å². The first-order chi connectivity index (χ1) is 12.2. The van der Waals surface area contributed by atoms with Crippen LogP contribution in [-0.2, 0) is 0 Å². The highest BCUT2D eigenvalue weighted by Gasteiger charge is 2.58. The van der Waals surface area contributed by atoms with Gasteiger partial charge < -0.3 is 10.2 Å². The van der Waals surface area contributed by atoms with Gasteiger partial charge in [-0.1, -0.05) is 52.3 Å². The summed E-state index contributed by atoms with van der Waals surface area (Å²) in [6.45, 7) is 12.1. The SMILES string of the molecule is C[C@H](CO)[C@H]1CCC2=C3C=C[C@H]4C(C)(C)[C@@H](O)CC[C@]4(C)[C@H]3CC[C@@]21C. The number of fused-ring (bicyclic) bond motifs is 4. The Hall–Kier alpha value is -0.600. The minimum Gasteiger partial charge on any atom is -0.396 e. The summed E-state index contributed by atoms with van der Waals surface area (Å²) in [6.07, 6.45) is 11.8. The standard InChI is InChI=1S/C24H38O2/c1-15(14-25)17-7-8-18-16-6-9-20-22(2,3)21(26)11-13-24(20,5)19(16)10-12-23(17,18)4/h6,9,15,17,19-21,25-26H,7-8,10-14H2,1-5H3/t15-,17-,19+,20+,21+,23-,24-/m1/s1. The van der Waals surface area contributed by atoms with Gasteiger partial charge in [0.2, 0.25) is 0 Å². The average Bonchev–Trinajstić information content (AvgIpc) is 2.95. The van der Waals surface area contributed by atoms with Crippen LogP contribution in [0.4, 0.5) is 0 Å². The second-order valence-electron chi connectivity index (χ2n) is 11.0. The molecule has 2 saturated carbocycles. The Morgan fingerprint density at radius 3 is 2.54 bits per heavy atom. The van der Waals surface area contributed by atoms with Crippen molar-refractivity contribution >= 4 is 0 Å². The quantitative estimate of drug-likeness (QED) is 0.720. The Balaban J connectivity index is 1.78. The molecule has 0 radical (unpaired) electrons. The number of allylic oxidation sites excluding steroid dienone is 4. The third-order valence-corrected chi connectivity index (χ3v) is 9.46. The third kappa shape index (κ3) is 2.30. The Bertz CT molecular complexity index is 645. The van der Waals surface area contributed by atoms with E-state index in [0.717, 1.165) is 12.8 Å². The molecule has 0 unspecified atom stereocenters. The van der Waals surface area contributed by atoms with Crippen LogP contribution in [0.1, 0.15) is 73.1 Å². The van der Waals surface area contributed by atoms with Gasteiger partial charge in [-0.2, -0.15) is 0 Å². The van der Waals surface area contributed by atoms with E-state index in [1.807, 2.05) is 0 Å². The first-order valence-corrected chi connectivity index (χ1v) is 10.9. The van der Waals surface area contributed by atoms with Crippen molar-refractivity contribution in [2.45, 2.75) is 79.2 Å². The monoisotopic (exact) mass is 358 g/mol. The van der Waals surface area contributed by atoms with Gasteiger partial charge in [-0.15, -0.1) is 0 Å². The Kier molecular flexibility index (Phi) is 4.29. The van der Waals surface area contributed by atoms with Crippen molar-refractivity contribution in [3.63, 3.8) is 0 Å². The van der Waals surface area contributed by atoms with Gasteiger partial charge in [-0.05, 0) is 84.0 Å². The van der Waals surface area contributed by atoms with Gasteiger partial charge in [0, 0.05) is 6.61 Å². The van der Waals surface area contributed by atoms with Gasteiger partial charge in [0.1, 0.15) is 0 Å². The van der Waals surface area contributed by atoms with Gasteiger partial charge >= 0.3 is 0 Å². The smallest absolute Gasteiger partial charge is 0.0597 e. The number of aliphatic hydroxyl groups excluding tert-OH is 2. The maximum Gasteiger partial charge on any atom is 0.0597 e. The van der Waals surface area contributed by atoms with Crippen LogP contribution in [0.2, 0.25) is 0 Å². The molecule has 0 aromatic rings. The second kappa shape index (κ2) is 5.95. The van der Waals surface area contributed by atoms with Crippen LogP contribution in [0, 0.1) is 39.9 Å². The van der Waals surface area contributed by atoms with E-state index in [1.54, 1.807) is 11.1 Å². The molecule has 0 aromatic heterocycles. The van der Waals surface area contributed by atoms with Crippen LogP contribution >= 0.6 is 0 Å². The zero-order valence-corrected chi connectivity index (χ0v) is 17.4. The van der Waals surface area contributed by atoms with Crippen molar-refractivity contribution in [3.05, 3.63) is 23.3 Å². The van der Waals surface area contributed by atoms with Crippen molar-refractivity contribution in [2.75, 3.05) is 6.61 Å². The molecule has 0 aromatic carbocycles. The second-order valence-corrected chi connectivity index (χ2v) is 11.0. The molecule has 2 nitrogen and oxygen atoms in total. The van der Waals surface area contributed by atoms with Crippen molar-refractivity contribution in [1.82, 2.24) is 0 Å². The summed E-state index contributed by atoms with van der Waals surface area (Å²) in [7, 11) is 0. The van der Waals surface area contributed by atoms with Crippen molar-refractivity contribution in [3.8, 4) is 0 Å². The maximum atomic E-state index is 10.6. The number of hydrogen-bond donors (Lipinski definition) is 2. The number of rotatable bonds is 2. The number of aliphatic hydroxyl groups is 2. The summed E-state index contributed by atoms with van der Waals surface area (Å²) in [4.78, 5) is 0. The Morgan fingerprint density at radius 2 is 1.85 bits per heavy atom. The predicted molar refractivity (Wildman–Crippen MR) is 107 cm³/mol. The van der Waals surface area contributed by atoms with Gasteiger partial charge in [-0.25, -0.2) is 0 Å². The average molecular weight is 359 g/mol. The van der Waals surface area contributed by atoms with Gasteiger partial charge in [-0.3, -0.25) is 0 Å². The lowest BCUT2D eigenvalue weighted by atomic mass is 9.46. The molecule has 26 heavy (non-hydrogen) atoms. The molecule has 0 spiro atoms. The molecule has 0 amide bonds. The highest BCUT2D eigenvalue weighted by molar-refractivity contribution is 5.42. The van der Waals surface area contributed by atoms with E-state index in [-0.39, 0.29) is 22.3 Å². The minimum atomic E-state index is -0.186. The fourth-order valence-corrected chi connectivity index (χ4v) is 7.78. The van der Waals surface area contributed by atoms with E-state index >= 15 is 0 Å². The topological polar surface area (TPSA) is 40.5 Å². The lowest BCUT2D eigenvalue weighted by molar-refractivity contribution is -0.0977. The first kappa shape index (κ1) is 18.7. The van der Waals surface area contributed by atoms with E-state index < -0.39 is 0 Å². The lowest BCUT2D eigenvalue weighted by Gasteiger charge is -2.59. The third-order valence-electron chi connectivity index (χ3n) is 9.46. The molecular weight excluding hydrogens is 320 g/mol. The molecule has 4 rings (SSSR count). The number of hydrogen-bond acceptors (Lipinski definition) is 2. The summed E-state index contributed by atoms with van der Waals surface area (Å²) in [5.41, 5.74) is 3.87. The van der Waals surface area contributed by atoms with Gasteiger partial charge in [0.05, 0.1) is 6.10 Å². The summed E-state index contributed by atoms with van der Waals surface area (Å²) in [5.74, 6) is 2.13. The van der Waals surface area contributed by atoms with E-state index in [2.05, 4.69) is 46.8 Å². The summed E-state index contributed by atoms with van der Waals surface area (Å²) in [5, 5.41) is 20.4. The van der Waals surface area contributed by atoms with Crippen LogP contribution in [0.5, 0.6) is 0 Å². The molecule has 0 heterocycles. The summed E-state index contributed by atoms with van der Waals surface area (Å²) in [6, 6.07) is 0. The molecule has 4 aliphatic carbocycles. The fraction of sp³-hybridized carbons (Fsp3) is 0.833. The van der Waals surface area contributed by atoms with Crippen LogP contribution < -0.4 is 0 Å². The van der Waals surface area contributed by atoms with E-state index in [1.165, 1.54) is 25.7 Å². The summed E-state index contributed by atoms with van der Waals surface area (Å²) < 4.78 is 0. The lowest BCUT2D eigenvalue weighted by Crippen LogP contribution is -2.54. The van der Waals surface area contributed by atoms with E-state index in [0.29, 0.717) is 30.3 Å². The van der Waals surface area contributed by atoms with Crippen LogP contribution in [0.3, 0.4) is 0 Å². The Labute approximate surface area is 159 Å². The first-order valence-electron chi connectivity index (χ1n) is 10.9. The minimum absolute atomic E-state index is 0.0376. The molecule has 0 bridgehead atoms. The van der Waals surface area contributed by atoms with Crippen molar-refractivity contribution in [1.29, 1.82) is 0 Å². The molecule has 2 heteroatoms. The molecule has 146 valence electrons. The van der Waals surface area contributed by atoms with Crippen molar-refractivity contribution in [2.24, 2.45) is 39.9 Å². The van der Waals surface area contributed by atoms with Crippen LogP contribution in [0.25, 0.3) is 0 Å². The molecule has 0 saturated heterocycles.